The van der Waals surface area contributed by atoms with Crippen molar-refractivity contribution in [2.24, 2.45) is 5.84 Å². The first-order chi connectivity index (χ1) is 70.7. The van der Waals surface area contributed by atoms with E-state index in [1.807, 2.05) is 10.3 Å². The first-order valence-electron chi connectivity index (χ1n) is 48.8. The molecule has 24 N–H and O–H groups in total. The van der Waals surface area contributed by atoms with E-state index in [-0.39, 0.29) is 234 Å². The molecule has 4 aromatic heterocycles. The van der Waals surface area contributed by atoms with Crippen LogP contribution in [0.25, 0.3) is 22.3 Å². The lowest BCUT2D eigenvalue weighted by Gasteiger charge is -2.22. The number of H-pyrrole nitrogens is 2. The summed E-state index contributed by atoms with van der Waals surface area (Å²) in [6, 6.07) is 9.88. The molecule has 2 unspecified atom stereocenters. The zero-order chi connectivity index (χ0) is 105. The third kappa shape index (κ3) is 55.9. The number of nitrogens with two attached hydrogens (primary N) is 3. The molecule has 0 aliphatic rings. The molecule has 0 aliphatic carbocycles. The molecule has 146 heavy (non-hydrogen) atoms. The molecule has 6 aromatic rings. The summed E-state index contributed by atoms with van der Waals surface area (Å²) >= 11 is 0. The number of nitrogens with one attached hydrogen (secondary N) is 16. The minimum absolute atomic E-state index is 0.0449. The molecule has 0 radical (unpaired) electrons. The van der Waals surface area contributed by atoms with Crippen LogP contribution in [0.15, 0.2) is 70.5 Å². The number of hydrogen-bond acceptors (Lipinski definition) is 37. The molecular formula is C93H142N26O27. The van der Waals surface area contributed by atoms with Gasteiger partial charge in [-0.2, -0.15) is 9.97 Å². The Bertz CT molecular complexity index is 4830. The van der Waals surface area contributed by atoms with Gasteiger partial charge in [-0.1, -0.05) is 0 Å². The fourth-order valence-electron chi connectivity index (χ4n) is 13.3. The Morgan fingerprint density at radius 2 is 0.589 bits per heavy atom. The van der Waals surface area contributed by atoms with Crippen molar-refractivity contribution in [3.05, 3.63) is 104 Å². The lowest BCUT2D eigenvalue weighted by atomic mass is 10.1. The average molecular weight is 2060 g/mol. The summed E-state index contributed by atoms with van der Waals surface area (Å²) in [4.78, 5) is 229. The van der Waals surface area contributed by atoms with Gasteiger partial charge in [0.2, 0.25) is 71.0 Å². The van der Waals surface area contributed by atoms with Crippen LogP contribution in [-0.4, -0.2) is 347 Å². The standard InChI is InChI=1S/C93H142N26O27/c94-92-114-84-82(88(132)116-92)108-62-68(110-84)60-106-66-20-16-64(17-21-66)86(130)112-70(90(134)135)24-26-77(125)100-33-7-45-141-50-56-144-54-48-138-42-4-30-97-72(120)10-1-12-75(123)102-35-37-104-79(127)28-40-119(39-9-47-143-53-59-146-58-52-140-44-6-32-99-74(122)14-3-15-81(129)118-96)41-29-80(128)105-38-36-103-76(124)13-2-11-73(121)98-31-5-43-139-49-55-145-57-51-142-46-8-34-101-78(126)27-25-71(91(136)137)113-87(131)65-18-22-67(23-19-65)107-61-69-63-109-83-85(111-69)115-93(95)117-89(83)133/h16-23,62-63,70-71,106-107H,1-15,24-61,96H2,(H,97,120)(H,98,121)(H,99,122)(H,100,125)(H,101,126)(H,102,123)(H,103,124)(H,104,127)(H,105,128)(H,112,130)(H,113,131)(H,118,129)(H,134,135)(H,136,137)(H3,94,110,114,116,132)(H3,95,111,115,117,133). The van der Waals surface area contributed by atoms with Gasteiger partial charge in [0.25, 0.3) is 22.9 Å². The minimum Gasteiger partial charge on any atom is -0.480 e. The van der Waals surface area contributed by atoms with Crippen LogP contribution >= 0.6 is 0 Å². The van der Waals surface area contributed by atoms with Gasteiger partial charge in [0.05, 0.1) is 116 Å². The summed E-state index contributed by atoms with van der Waals surface area (Å²) in [5.74, 6) is -1.74. The smallest absolute Gasteiger partial charge is 0.326 e. The number of carboxylic acids is 2. The van der Waals surface area contributed by atoms with Gasteiger partial charge in [0.15, 0.2) is 22.3 Å². The zero-order valence-electron chi connectivity index (χ0n) is 82.4. The number of aliphatic carboxylic acids is 2. The molecule has 0 spiro atoms. The lowest BCUT2D eigenvalue weighted by molar-refractivity contribution is -0.140. The van der Waals surface area contributed by atoms with Crippen molar-refractivity contribution < 1.29 is 120 Å². The number of aromatic amines is 2. The second-order valence-corrected chi connectivity index (χ2v) is 32.9. The molecule has 2 aromatic carbocycles. The highest BCUT2D eigenvalue weighted by atomic mass is 16.6. The predicted molar refractivity (Wildman–Crippen MR) is 530 cm³/mol. The van der Waals surface area contributed by atoms with Crippen molar-refractivity contribution in [1.29, 1.82) is 0 Å². The average Bonchev–Trinajstić information content (AvgIpc) is 0.813. The van der Waals surface area contributed by atoms with Crippen LogP contribution < -0.4 is 103 Å². The van der Waals surface area contributed by atoms with Crippen molar-refractivity contribution >= 4 is 128 Å². The number of fused-ring (bicyclic) bond motifs is 2. The Morgan fingerprint density at radius 3 is 0.884 bits per heavy atom. The molecule has 6 rings (SSSR count). The number of hydrogen-bond donors (Lipinski definition) is 21. The van der Waals surface area contributed by atoms with Gasteiger partial charge in [-0.15, -0.1) is 0 Å². The number of benzene rings is 2. The van der Waals surface area contributed by atoms with E-state index in [1.165, 1.54) is 36.7 Å². The van der Waals surface area contributed by atoms with Crippen LogP contribution in [0, 0.1) is 0 Å². The molecule has 53 heteroatoms. The summed E-state index contributed by atoms with van der Waals surface area (Å²) in [6.07, 6.45) is 7.64. The normalized spacial score (nSPS) is 11.5. The molecule has 0 saturated carbocycles. The second-order valence-electron chi connectivity index (χ2n) is 32.9. The fourth-order valence-corrected chi connectivity index (χ4v) is 13.3. The fraction of sp³-hybridized carbons (Fsp3) is 0.591. The topological polar surface area (TPSA) is 755 Å². The second kappa shape index (κ2) is 74.2. The number of carbonyl (C=O) groups excluding carboxylic acids is 12. The van der Waals surface area contributed by atoms with Crippen molar-refractivity contribution in [3.8, 4) is 0 Å². The van der Waals surface area contributed by atoms with Crippen LogP contribution in [0.3, 0.4) is 0 Å². The third-order valence-electron chi connectivity index (χ3n) is 21.1. The molecule has 2 atom stereocenters. The summed E-state index contributed by atoms with van der Waals surface area (Å²) in [6.45, 7) is 10.1. The lowest BCUT2D eigenvalue weighted by Crippen LogP contribution is -2.41. The Morgan fingerprint density at radius 1 is 0.322 bits per heavy atom. The Hall–Kier alpha value is -13.8. The van der Waals surface area contributed by atoms with Crippen LogP contribution in [-0.2, 0) is 113 Å². The summed E-state index contributed by atoms with van der Waals surface area (Å²) in [5, 5.41) is 55.6. The maximum absolute atomic E-state index is 13.0. The number of carbonyl (C=O) groups is 14. The third-order valence-corrected chi connectivity index (χ3v) is 21.1. The maximum Gasteiger partial charge on any atom is 0.326 e. The highest BCUT2D eigenvalue weighted by molar-refractivity contribution is 5.98. The number of rotatable bonds is 84. The molecule has 53 nitrogen and oxygen atoms in total. The van der Waals surface area contributed by atoms with Crippen LogP contribution in [0.5, 0.6) is 0 Å². The number of aromatic nitrogens is 8. The van der Waals surface area contributed by atoms with Crippen molar-refractivity contribution in [2.45, 2.75) is 160 Å². The van der Waals surface area contributed by atoms with E-state index in [1.54, 1.807) is 24.3 Å². The Kier molecular flexibility index (Phi) is 61.4. The van der Waals surface area contributed by atoms with Gasteiger partial charge in [-0.3, -0.25) is 82.5 Å². The van der Waals surface area contributed by atoms with E-state index in [0.29, 0.717) is 239 Å². The molecule has 806 valence electrons. The summed E-state index contributed by atoms with van der Waals surface area (Å²) in [5.41, 5.74) is 15.1. The first kappa shape index (κ1) is 121. The van der Waals surface area contributed by atoms with Gasteiger partial charge in [-0.05, 0) is 119 Å². The summed E-state index contributed by atoms with van der Waals surface area (Å²) < 4.78 is 50.3. The van der Waals surface area contributed by atoms with Crippen LogP contribution in [0.4, 0.5) is 23.3 Å². The molecular weight excluding hydrogens is 1910 g/mol. The van der Waals surface area contributed by atoms with E-state index < -0.39 is 47.0 Å². The Labute approximate surface area is 843 Å². The number of carboxylic acid groups (broad SMARTS) is 2. The molecule has 0 fully saturated rings. The monoisotopic (exact) mass is 2060 g/mol. The van der Waals surface area contributed by atoms with Gasteiger partial charge >= 0.3 is 11.9 Å². The quantitative estimate of drug-likeness (QED) is 0.00839. The van der Waals surface area contributed by atoms with Gasteiger partial charge in [0, 0.05) is 205 Å². The van der Waals surface area contributed by atoms with E-state index in [0.717, 1.165) is 0 Å². The van der Waals surface area contributed by atoms with Crippen molar-refractivity contribution in [1.82, 2.24) is 109 Å². The highest BCUT2D eigenvalue weighted by Gasteiger charge is 2.25. The van der Waals surface area contributed by atoms with E-state index in [2.05, 4.69) is 109 Å². The summed E-state index contributed by atoms with van der Waals surface area (Å²) in [7, 11) is 0. The highest BCUT2D eigenvalue weighted by Crippen LogP contribution is 2.17. The van der Waals surface area contributed by atoms with E-state index in [4.69, 9.17) is 59.9 Å². The molecule has 0 aliphatic heterocycles. The first-order valence-corrected chi connectivity index (χ1v) is 48.8. The predicted octanol–water partition coefficient (Wildman–Crippen LogP) is -2.13. The number of amides is 12. The number of nitrogen functional groups attached to an aromatic ring is 2. The van der Waals surface area contributed by atoms with Gasteiger partial charge < -0.3 is 138 Å². The number of anilines is 4. The van der Waals surface area contributed by atoms with Gasteiger partial charge in [-0.25, -0.2) is 35.4 Å². The van der Waals surface area contributed by atoms with E-state index in [9.17, 15) is 86.9 Å². The maximum atomic E-state index is 13.0. The van der Waals surface area contributed by atoms with Gasteiger partial charge in [0.1, 0.15) is 12.1 Å². The zero-order valence-corrected chi connectivity index (χ0v) is 82.4. The minimum atomic E-state index is -1.32. The van der Waals surface area contributed by atoms with Crippen molar-refractivity contribution in [2.75, 3.05) is 220 Å². The molecule has 4 heterocycles. The van der Waals surface area contributed by atoms with E-state index >= 15 is 0 Å². The molecule has 0 bridgehead atoms. The molecule has 12 amide bonds. The number of nitrogens with zero attached hydrogens (tertiary/aromatic N) is 7. The molecule has 0 saturated heterocycles. The SMILES string of the molecule is NNC(=O)CCCC(=O)NCCCOCCOCCOCCCN(CCC(=O)NCCNC(=O)CCCC(=O)NCCCOCCOCCOCCCNC(=O)CCC(NC(=O)c1ccc(NCc2cnc3c(=O)[nH]c(N)nc3n2)cc1)C(=O)O)CCC(=O)NCCNC(=O)CCCC(=O)NCCCOCCOCCOCCCNC(=O)CCC(NC(=O)c1ccc(NCc2cnc3c(=O)[nH]c(N)nc3n2)cc1)C(=O)O. The number of ether oxygens (including phenoxy) is 9. The number of hydrazine groups is 1. The van der Waals surface area contributed by atoms with Crippen molar-refractivity contribution in [3.63, 3.8) is 0 Å². The Balaban J connectivity index is 0.708. The van der Waals surface area contributed by atoms with Crippen LogP contribution in [0.2, 0.25) is 0 Å². The largest absolute Gasteiger partial charge is 0.480 e. The van der Waals surface area contributed by atoms with Crippen LogP contribution in [0.1, 0.15) is 167 Å².